The minimum atomic E-state index is -3.71. The van der Waals surface area contributed by atoms with E-state index in [4.69, 9.17) is 16.3 Å². The number of rotatable bonds is 5. The molecule has 1 aliphatic heterocycles. The van der Waals surface area contributed by atoms with E-state index in [0.717, 1.165) is 0 Å². The Morgan fingerprint density at radius 1 is 0.821 bits per heavy atom. The van der Waals surface area contributed by atoms with Crippen molar-refractivity contribution in [2.24, 2.45) is 0 Å². The first kappa shape index (κ1) is 21.1. The van der Waals surface area contributed by atoms with Crippen LogP contribution in [0.2, 0.25) is 5.02 Å². The van der Waals surface area contributed by atoms with Gasteiger partial charge in [-0.3, -0.25) is 0 Å². The molecule has 0 amide bonds. The Morgan fingerprint density at radius 2 is 1.29 bits per heavy atom. The zero-order chi connectivity index (χ0) is 20.5. The van der Waals surface area contributed by atoms with E-state index in [1.54, 1.807) is 19.1 Å². The lowest BCUT2D eigenvalue weighted by Gasteiger charge is -2.33. The second-order valence-electron chi connectivity index (χ2n) is 6.39. The fourth-order valence-electron chi connectivity index (χ4n) is 3.07. The Kier molecular flexibility index (Phi) is 6.02. The predicted molar refractivity (Wildman–Crippen MR) is 107 cm³/mol. The van der Waals surface area contributed by atoms with E-state index < -0.39 is 20.0 Å². The number of piperazine rings is 1. The summed E-state index contributed by atoms with van der Waals surface area (Å²) < 4.78 is 59.1. The molecule has 0 saturated carbocycles. The van der Waals surface area contributed by atoms with Gasteiger partial charge < -0.3 is 4.74 Å². The van der Waals surface area contributed by atoms with Crippen LogP contribution in [0, 0.1) is 6.92 Å². The van der Waals surface area contributed by atoms with Gasteiger partial charge in [-0.15, -0.1) is 0 Å². The van der Waals surface area contributed by atoms with Crippen LogP contribution in [0.5, 0.6) is 5.75 Å². The van der Waals surface area contributed by atoms with Gasteiger partial charge in [0, 0.05) is 31.2 Å². The second-order valence-corrected chi connectivity index (χ2v) is 10.7. The topological polar surface area (TPSA) is 84.0 Å². The average molecular weight is 445 g/mol. The van der Waals surface area contributed by atoms with Crippen LogP contribution in [0.3, 0.4) is 0 Å². The fourth-order valence-corrected chi connectivity index (χ4v) is 6.12. The number of nitrogens with zero attached hydrogens (tertiary/aromatic N) is 2. The maximum absolute atomic E-state index is 12.9. The quantitative estimate of drug-likeness (QED) is 0.706. The summed E-state index contributed by atoms with van der Waals surface area (Å²) >= 11 is 5.82. The molecule has 1 aliphatic rings. The van der Waals surface area contributed by atoms with E-state index in [2.05, 4.69) is 0 Å². The number of methoxy groups -OCH3 is 1. The maximum atomic E-state index is 12.9. The third kappa shape index (κ3) is 4.04. The van der Waals surface area contributed by atoms with E-state index in [1.807, 2.05) is 0 Å². The molecule has 1 heterocycles. The van der Waals surface area contributed by atoms with E-state index in [1.165, 1.54) is 46.1 Å². The van der Waals surface area contributed by atoms with Crippen molar-refractivity contribution < 1.29 is 21.6 Å². The molecule has 10 heteroatoms. The Labute approximate surface area is 170 Å². The zero-order valence-electron chi connectivity index (χ0n) is 15.5. The van der Waals surface area contributed by atoms with Crippen LogP contribution in [-0.2, 0) is 20.0 Å². The largest absolute Gasteiger partial charge is 0.496 e. The van der Waals surface area contributed by atoms with E-state index in [0.29, 0.717) is 16.3 Å². The predicted octanol–water partition coefficient (Wildman–Crippen LogP) is 2.35. The molecule has 0 aromatic heterocycles. The standard InChI is InChI=1S/C18H21ClN2O5S2/c1-14-13-17(7-8-18(14)26-2)28(24,25)21-11-9-20(10-12-21)27(22,23)16-5-3-15(19)4-6-16/h3-8,13H,9-12H2,1-2H3. The van der Waals surface area contributed by atoms with Crippen LogP contribution in [-0.4, -0.2) is 58.7 Å². The molecule has 0 spiro atoms. The van der Waals surface area contributed by atoms with Gasteiger partial charge in [-0.1, -0.05) is 11.6 Å². The molecule has 152 valence electrons. The molecular weight excluding hydrogens is 424 g/mol. The van der Waals surface area contributed by atoms with Crippen LogP contribution in [0.4, 0.5) is 0 Å². The third-order valence-corrected chi connectivity index (χ3v) is 8.71. The number of halogens is 1. The number of benzene rings is 2. The Balaban J connectivity index is 1.75. The molecule has 0 atom stereocenters. The number of ether oxygens (including phenoxy) is 1. The van der Waals surface area contributed by atoms with Gasteiger partial charge in [0.1, 0.15) is 5.75 Å². The van der Waals surface area contributed by atoms with Crippen molar-refractivity contribution in [3.8, 4) is 5.75 Å². The highest BCUT2D eigenvalue weighted by atomic mass is 35.5. The SMILES string of the molecule is COc1ccc(S(=O)(=O)N2CCN(S(=O)(=O)c3ccc(Cl)cc3)CC2)cc1C. The summed E-state index contributed by atoms with van der Waals surface area (Å²) in [6, 6.07) is 10.6. The van der Waals surface area contributed by atoms with E-state index in [9.17, 15) is 16.8 Å². The number of hydrogen-bond acceptors (Lipinski definition) is 5. The zero-order valence-corrected chi connectivity index (χ0v) is 17.9. The molecule has 0 N–H and O–H groups in total. The summed E-state index contributed by atoms with van der Waals surface area (Å²) in [4.78, 5) is 0.304. The van der Waals surface area contributed by atoms with Crippen molar-refractivity contribution >= 4 is 31.6 Å². The van der Waals surface area contributed by atoms with Crippen molar-refractivity contribution in [1.29, 1.82) is 0 Å². The first-order chi connectivity index (χ1) is 13.2. The van der Waals surface area contributed by atoms with Crippen LogP contribution in [0.15, 0.2) is 52.3 Å². The van der Waals surface area contributed by atoms with E-state index >= 15 is 0 Å². The molecule has 2 aromatic rings. The van der Waals surface area contributed by atoms with Gasteiger partial charge in [0.2, 0.25) is 20.0 Å². The summed E-state index contributed by atoms with van der Waals surface area (Å²) in [5.74, 6) is 0.609. The molecule has 7 nitrogen and oxygen atoms in total. The minimum Gasteiger partial charge on any atom is -0.496 e. The Morgan fingerprint density at radius 3 is 1.75 bits per heavy atom. The molecule has 0 unspecified atom stereocenters. The lowest BCUT2D eigenvalue weighted by molar-refractivity contribution is 0.273. The van der Waals surface area contributed by atoms with Gasteiger partial charge in [-0.2, -0.15) is 8.61 Å². The van der Waals surface area contributed by atoms with Gasteiger partial charge >= 0.3 is 0 Å². The van der Waals surface area contributed by atoms with Gasteiger partial charge in [0.25, 0.3) is 0 Å². The third-order valence-electron chi connectivity index (χ3n) is 4.65. The maximum Gasteiger partial charge on any atom is 0.243 e. The summed E-state index contributed by atoms with van der Waals surface area (Å²) in [6.07, 6.45) is 0. The summed E-state index contributed by atoms with van der Waals surface area (Å²) in [6.45, 7) is 2.10. The molecule has 1 fully saturated rings. The number of sulfonamides is 2. The van der Waals surface area contributed by atoms with Crippen molar-refractivity contribution in [1.82, 2.24) is 8.61 Å². The Hall–Kier alpha value is -1.65. The van der Waals surface area contributed by atoms with Gasteiger partial charge in [-0.05, 0) is 55.0 Å². The summed E-state index contributed by atoms with van der Waals surface area (Å²) in [5, 5.41) is 0.449. The smallest absolute Gasteiger partial charge is 0.243 e. The first-order valence-electron chi connectivity index (χ1n) is 8.57. The minimum absolute atomic E-state index is 0.0827. The average Bonchev–Trinajstić information content (AvgIpc) is 2.68. The normalized spacial score (nSPS) is 16.8. The molecule has 0 aliphatic carbocycles. The summed E-state index contributed by atoms with van der Waals surface area (Å²) in [7, 11) is -5.88. The number of aryl methyl sites for hydroxylation is 1. The fraction of sp³-hybridized carbons (Fsp3) is 0.333. The van der Waals surface area contributed by atoms with Gasteiger partial charge in [0.05, 0.1) is 16.9 Å². The lowest BCUT2D eigenvalue weighted by atomic mass is 10.2. The molecule has 0 radical (unpaired) electrons. The van der Waals surface area contributed by atoms with Crippen LogP contribution in [0.1, 0.15) is 5.56 Å². The molecule has 2 aromatic carbocycles. The Bertz CT molecular complexity index is 1060. The van der Waals surface area contributed by atoms with Crippen molar-refractivity contribution in [3.05, 3.63) is 53.1 Å². The molecule has 1 saturated heterocycles. The summed E-state index contributed by atoms with van der Waals surface area (Å²) in [5.41, 5.74) is 0.715. The van der Waals surface area contributed by atoms with Crippen molar-refractivity contribution in [2.45, 2.75) is 16.7 Å². The molecule has 0 bridgehead atoms. The number of hydrogen-bond donors (Lipinski definition) is 0. The van der Waals surface area contributed by atoms with Gasteiger partial charge in [-0.25, -0.2) is 16.8 Å². The highest BCUT2D eigenvalue weighted by molar-refractivity contribution is 7.89. The van der Waals surface area contributed by atoms with E-state index in [-0.39, 0.29) is 36.0 Å². The van der Waals surface area contributed by atoms with Crippen molar-refractivity contribution in [3.63, 3.8) is 0 Å². The monoisotopic (exact) mass is 444 g/mol. The lowest BCUT2D eigenvalue weighted by Crippen LogP contribution is -2.50. The molecule has 28 heavy (non-hydrogen) atoms. The van der Waals surface area contributed by atoms with Crippen LogP contribution >= 0.6 is 11.6 Å². The van der Waals surface area contributed by atoms with Crippen LogP contribution in [0.25, 0.3) is 0 Å². The van der Waals surface area contributed by atoms with Gasteiger partial charge in [0.15, 0.2) is 0 Å². The van der Waals surface area contributed by atoms with Crippen LogP contribution < -0.4 is 4.74 Å². The first-order valence-corrected chi connectivity index (χ1v) is 11.8. The molecular formula is C18H21ClN2O5S2. The molecule has 3 rings (SSSR count). The van der Waals surface area contributed by atoms with Crippen molar-refractivity contribution in [2.75, 3.05) is 33.3 Å². The highest BCUT2D eigenvalue weighted by Gasteiger charge is 2.33. The highest BCUT2D eigenvalue weighted by Crippen LogP contribution is 2.26. The second kappa shape index (κ2) is 8.00.